The van der Waals surface area contributed by atoms with Gasteiger partial charge in [0.2, 0.25) is 0 Å². The molecule has 0 atom stereocenters. The van der Waals surface area contributed by atoms with Gasteiger partial charge >= 0.3 is 0 Å². The first kappa shape index (κ1) is 19.4. The van der Waals surface area contributed by atoms with Crippen molar-refractivity contribution < 1.29 is 14.3 Å². The summed E-state index contributed by atoms with van der Waals surface area (Å²) in [7, 11) is 3.60. The Morgan fingerprint density at radius 2 is 1.64 bits per heavy atom. The van der Waals surface area contributed by atoms with E-state index in [1.54, 1.807) is 31.3 Å². The van der Waals surface area contributed by atoms with Gasteiger partial charge in [-0.2, -0.15) is 0 Å². The van der Waals surface area contributed by atoms with Crippen LogP contribution in [-0.4, -0.2) is 67.9 Å². The Labute approximate surface area is 164 Å². The molecule has 1 heterocycles. The summed E-state index contributed by atoms with van der Waals surface area (Å²) in [6, 6.07) is 16.5. The lowest BCUT2D eigenvalue weighted by Crippen LogP contribution is -2.44. The van der Waals surface area contributed by atoms with Crippen LogP contribution < -0.4 is 10.1 Å². The SMILES string of the molecule is CN=C(NCCN1C(=O)c2ccccc2C1=O)N(C)CCOc1ccccc1. The van der Waals surface area contributed by atoms with Crippen molar-refractivity contribution >= 4 is 17.8 Å². The molecule has 0 fully saturated rings. The average Bonchev–Trinajstić information content (AvgIpc) is 2.97. The number of hydrogen-bond acceptors (Lipinski definition) is 4. The van der Waals surface area contributed by atoms with E-state index in [1.165, 1.54) is 4.90 Å². The van der Waals surface area contributed by atoms with E-state index in [0.717, 1.165) is 5.75 Å². The number of hydrogen-bond donors (Lipinski definition) is 1. The number of aliphatic imine (C=N–C) groups is 1. The van der Waals surface area contributed by atoms with Crippen LogP contribution in [0.5, 0.6) is 5.75 Å². The summed E-state index contributed by atoms with van der Waals surface area (Å²) < 4.78 is 5.70. The van der Waals surface area contributed by atoms with E-state index in [-0.39, 0.29) is 18.4 Å². The fourth-order valence-corrected chi connectivity index (χ4v) is 3.03. The van der Waals surface area contributed by atoms with E-state index in [4.69, 9.17) is 4.74 Å². The van der Waals surface area contributed by atoms with Gasteiger partial charge in [0.1, 0.15) is 12.4 Å². The second kappa shape index (κ2) is 9.03. The topological polar surface area (TPSA) is 74.2 Å². The summed E-state index contributed by atoms with van der Waals surface area (Å²) in [6.45, 7) is 1.85. The Morgan fingerprint density at radius 1 is 1.04 bits per heavy atom. The fourth-order valence-electron chi connectivity index (χ4n) is 3.03. The first-order chi connectivity index (χ1) is 13.6. The largest absolute Gasteiger partial charge is 0.492 e. The highest BCUT2D eigenvalue weighted by Gasteiger charge is 2.34. The van der Waals surface area contributed by atoms with Crippen molar-refractivity contribution in [3.63, 3.8) is 0 Å². The van der Waals surface area contributed by atoms with E-state index in [0.29, 0.717) is 36.8 Å². The molecule has 146 valence electrons. The van der Waals surface area contributed by atoms with Crippen molar-refractivity contribution in [2.45, 2.75) is 0 Å². The summed E-state index contributed by atoms with van der Waals surface area (Å²) in [5.41, 5.74) is 0.930. The van der Waals surface area contributed by atoms with Crippen LogP contribution in [0.4, 0.5) is 0 Å². The fraction of sp³-hybridized carbons (Fsp3) is 0.286. The second-order valence-corrected chi connectivity index (χ2v) is 6.36. The van der Waals surface area contributed by atoms with Crippen LogP contribution in [0.2, 0.25) is 0 Å². The zero-order chi connectivity index (χ0) is 19.9. The number of amides is 2. The van der Waals surface area contributed by atoms with Crippen LogP contribution in [0, 0.1) is 0 Å². The maximum atomic E-state index is 12.4. The van der Waals surface area contributed by atoms with Gasteiger partial charge < -0.3 is 15.0 Å². The molecule has 7 nitrogen and oxygen atoms in total. The van der Waals surface area contributed by atoms with Gasteiger partial charge in [-0.05, 0) is 24.3 Å². The molecule has 0 saturated carbocycles. The van der Waals surface area contributed by atoms with Gasteiger partial charge in [-0.3, -0.25) is 19.5 Å². The van der Waals surface area contributed by atoms with Crippen molar-refractivity contribution in [1.29, 1.82) is 0 Å². The van der Waals surface area contributed by atoms with E-state index in [1.807, 2.05) is 42.3 Å². The molecule has 2 amide bonds. The third kappa shape index (κ3) is 4.31. The van der Waals surface area contributed by atoms with Gasteiger partial charge in [-0.1, -0.05) is 30.3 Å². The van der Waals surface area contributed by atoms with E-state index in [9.17, 15) is 9.59 Å². The third-order valence-corrected chi connectivity index (χ3v) is 4.51. The van der Waals surface area contributed by atoms with Crippen LogP contribution >= 0.6 is 0 Å². The van der Waals surface area contributed by atoms with Crippen LogP contribution in [0.15, 0.2) is 59.6 Å². The van der Waals surface area contributed by atoms with Crippen LogP contribution in [-0.2, 0) is 0 Å². The molecule has 0 bridgehead atoms. The van der Waals surface area contributed by atoms with E-state index >= 15 is 0 Å². The minimum atomic E-state index is -0.248. The number of para-hydroxylation sites is 1. The number of fused-ring (bicyclic) bond motifs is 1. The van der Waals surface area contributed by atoms with Crippen molar-refractivity contribution in [3.05, 3.63) is 65.7 Å². The monoisotopic (exact) mass is 380 g/mol. The Bertz CT molecular complexity index is 832. The van der Waals surface area contributed by atoms with Crippen LogP contribution in [0.1, 0.15) is 20.7 Å². The standard InChI is InChI=1S/C21H24N4O3/c1-22-21(24(2)14-15-28-16-8-4-3-5-9-16)23-12-13-25-19(26)17-10-6-7-11-18(17)20(25)27/h3-11H,12-15H2,1-2H3,(H,22,23). The molecule has 0 spiro atoms. The van der Waals surface area contributed by atoms with Gasteiger partial charge in [0.15, 0.2) is 5.96 Å². The molecule has 2 aromatic carbocycles. The summed E-state index contributed by atoms with van der Waals surface area (Å²) in [4.78, 5) is 32.2. The smallest absolute Gasteiger partial charge is 0.261 e. The maximum absolute atomic E-state index is 12.4. The molecular weight excluding hydrogens is 356 g/mol. The molecule has 0 aromatic heterocycles. The lowest BCUT2D eigenvalue weighted by Gasteiger charge is -2.23. The molecule has 0 unspecified atom stereocenters. The highest BCUT2D eigenvalue weighted by Crippen LogP contribution is 2.21. The normalized spacial score (nSPS) is 13.5. The van der Waals surface area contributed by atoms with Gasteiger partial charge in [0.05, 0.1) is 17.7 Å². The number of carbonyl (C=O) groups excluding carboxylic acids is 2. The number of guanidine groups is 1. The molecule has 1 N–H and O–H groups in total. The Kier molecular flexibility index (Phi) is 6.26. The van der Waals surface area contributed by atoms with Crippen LogP contribution in [0.3, 0.4) is 0 Å². The number of nitrogens with zero attached hydrogens (tertiary/aromatic N) is 3. The van der Waals surface area contributed by atoms with E-state index in [2.05, 4.69) is 10.3 Å². The third-order valence-electron chi connectivity index (χ3n) is 4.51. The zero-order valence-corrected chi connectivity index (χ0v) is 16.1. The van der Waals surface area contributed by atoms with Gasteiger partial charge in [-0.25, -0.2) is 0 Å². The van der Waals surface area contributed by atoms with Crippen molar-refractivity contribution in [2.75, 3.05) is 40.3 Å². The molecule has 7 heteroatoms. The maximum Gasteiger partial charge on any atom is 0.261 e. The molecular formula is C21H24N4O3. The zero-order valence-electron chi connectivity index (χ0n) is 16.1. The quantitative estimate of drug-likeness (QED) is 0.451. The molecule has 0 aliphatic carbocycles. The number of imide groups is 1. The summed E-state index contributed by atoms with van der Waals surface area (Å²) >= 11 is 0. The number of benzene rings is 2. The van der Waals surface area contributed by atoms with Crippen LogP contribution in [0.25, 0.3) is 0 Å². The highest BCUT2D eigenvalue weighted by molar-refractivity contribution is 6.21. The van der Waals surface area contributed by atoms with Gasteiger partial charge in [0.25, 0.3) is 11.8 Å². The van der Waals surface area contributed by atoms with Crippen molar-refractivity contribution in [1.82, 2.24) is 15.1 Å². The Morgan fingerprint density at radius 3 is 2.25 bits per heavy atom. The predicted octanol–water partition coefficient (Wildman–Crippen LogP) is 1.87. The molecule has 28 heavy (non-hydrogen) atoms. The van der Waals surface area contributed by atoms with Crippen molar-refractivity contribution in [2.24, 2.45) is 4.99 Å². The Hall–Kier alpha value is -3.35. The molecule has 2 aromatic rings. The highest BCUT2D eigenvalue weighted by atomic mass is 16.5. The first-order valence-corrected chi connectivity index (χ1v) is 9.16. The van der Waals surface area contributed by atoms with Crippen molar-refractivity contribution in [3.8, 4) is 5.75 Å². The van der Waals surface area contributed by atoms with Gasteiger partial charge in [0, 0.05) is 27.2 Å². The summed E-state index contributed by atoms with van der Waals surface area (Å²) in [6.07, 6.45) is 0. The summed E-state index contributed by atoms with van der Waals surface area (Å²) in [5, 5.41) is 3.19. The predicted molar refractivity (Wildman–Crippen MR) is 108 cm³/mol. The average molecular weight is 380 g/mol. The molecule has 1 aliphatic rings. The minimum Gasteiger partial charge on any atom is -0.492 e. The Balaban J connectivity index is 1.45. The number of likely N-dealkylation sites (N-methyl/N-ethyl adjacent to an activating group) is 1. The van der Waals surface area contributed by atoms with Gasteiger partial charge in [-0.15, -0.1) is 0 Å². The number of ether oxygens (including phenoxy) is 1. The molecule has 1 aliphatic heterocycles. The second-order valence-electron chi connectivity index (χ2n) is 6.36. The molecule has 0 radical (unpaired) electrons. The summed E-state index contributed by atoms with van der Waals surface area (Å²) in [5.74, 6) is 1.00. The number of carbonyl (C=O) groups is 2. The lowest BCUT2D eigenvalue weighted by molar-refractivity contribution is 0.0657. The minimum absolute atomic E-state index is 0.248. The number of rotatable bonds is 7. The number of nitrogens with one attached hydrogen (secondary N) is 1. The lowest BCUT2D eigenvalue weighted by atomic mass is 10.1. The molecule has 0 saturated heterocycles. The van der Waals surface area contributed by atoms with E-state index < -0.39 is 0 Å². The first-order valence-electron chi connectivity index (χ1n) is 9.16. The molecule has 3 rings (SSSR count).